The molecule has 6 rings (SSSR count). The van der Waals surface area contributed by atoms with Gasteiger partial charge in [-0.25, -0.2) is 0 Å². The lowest BCUT2D eigenvalue weighted by atomic mass is 9.97. The molecule has 4 heterocycles. The molecule has 0 unspecified atom stereocenters. The number of phenols is 3. The van der Waals surface area contributed by atoms with Crippen molar-refractivity contribution in [3.8, 4) is 34.3 Å². The van der Waals surface area contributed by atoms with Crippen LogP contribution >= 0.6 is 0 Å². The zero-order chi connectivity index (χ0) is 37.8. The van der Waals surface area contributed by atoms with E-state index in [1.54, 1.807) is 0 Å². The van der Waals surface area contributed by atoms with E-state index in [0.29, 0.717) is 0 Å². The van der Waals surface area contributed by atoms with Crippen LogP contribution in [-0.2, 0) is 23.7 Å². The molecule has 3 aliphatic rings. The monoisotopic (exact) mass is 740 g/mol. The van der Waals surface area contributed by atoms with E-state index in [2.05, 4.69) is 0 Å². The number of aliphatic hydroxyl groups is 8. The Kier molecular flexibility index (Phi) is 11.0. The summed E-state index contributed by atoms with van der Waals surface area (Å²) in [6.07, 6.45) is -24.1. The molecule has 0 saturated carbocycles. The lowest BCUT2D eigenvalue weighted by Crippen LogP contribution is -2.64. The van der Waals surface area contributed by atoms with Crippen molar-refractivity contribution in [3.05, 3.63) is 46.6 Å². The van der Waals surface area contributed by atoms with Crippen LogP contribution in [0.1, 0.15) is 13.8 Å². The van der Waals surface area contributed by atoms with Gasteiger partial charge in [0.1, 0.15) is 89.3 Å². The van der Waals surface area contributed by atoms with Crippen LogP contribution in [0.2, 0.25) is 0 Å². The number of hydrogen-bond donors (Lipinski definition) is 11. The molecule has 3 aliphatic heterocycles. The zero-order valence-corrected chi connectivity index (χ0v) is 27.5. The maximum absolute atomic E-state index is 13.7. The van der Waals surface area contributed by atoms with Gasteiger partial charge in [-0.15, -0.1) is 0 Å². The molecule has 15 atom stereocenters. The first-order valence-electron chi connectivity index (χ1n) is 16.2. The van der Waals surface area contributed by atoms with Crippen LogP contribution in [0.15, 0.2) is 45.6 Å². The molecule has 0 amide bonds. The van der Waals surface area contributed by atoms with Gasteiger partial charge in [0.05, 0.1) is 18.8 Å². The predicted molar refractivity (Wildman–Crippen MR) is 170 cm³/mol. The van der Waals surface area contributed by atoms with Crippen LogP contribution in [0.3, 0.4) is 0 Å². The first-order chi connectivity index (χ1) is 24.6. The first kappa shape index (κ1) is 38.1. The number of benzene rings is 2. The third-order valence-corrected chi connectivity index (χ3v) is 9.26. The highest BCUT2D eigenvalue weighted by atomic mass is 16.7. The van der Waals surface area contributed by atoms with Crippen molar-refractivity contribution in [2.45, 2.75) is 106 Å². The molecule has 19 heteroatoms. The van der Waals surface area contributed by atoms with E-state index in [4.69, 9.17) is 32.8 Å². The summed E-state index contributed by atoms with van der Waals surface area (Å²) in [4.78, 5) is 13.7. The van der Waals surface area contributed by atoms with Gasteiger partial charge in [-0.3, -0.25) is 4.79 Å². The van der Waals surface area contributed by atoms with E-state index in [-0.39, 0.29) is 22.7 Å². The summed E-state index contributed by atoms with van der Waals surface area (Å²) in [6, 6.07) is 7.23. The normalized spacial score (nSPS) is 38.3. The Morgan fingerprint density at radius 2 is 1.27 bits per heavy atom. The molecule has 0 spiro atoms. The minimum Gasteiger partial charge on any atom is -0.508 e. The molecule has 0 aliphatic carbocycles. The quantitative estimate of drug-likeness (QED) is 0.113. The van der Waals surface area contributed by atoms with E-state index in [0.717, 1.165) is 12.1 Å². The van der Waals surface area contributed by atoms with Gasteiger partial charge in [-0.2, -0.15) is 0 Å². The van der Waals surface area contributed by atoms with Gasteiger partial charge in [0.2, 0.25) is 17.5 Å². The van der Waals surface area contributed by atoms with Crippen LogP contribution in [0.4, 0.5) is 0 Å². The second-order valence-corrected chi connectivity index (χ2v) is 12.9. The van der Waals surface area contributed by atoms with E-state index in [9.17, 15) is 61.0 Å². The molecule has 2 aromatic carbocycles. The lowest BCUT2D eigenvalue weighted by molar-refractivity contribution is -0.358. The van der Waals surface area contributed by atoms with E-state index in [1.807, 2.05) is 0 Å². The third kappa shape index (κ3) is 7.16. The second-order valence-electron chi connectivity index (χ2n) is 12.9. The predicted octanol–water partition coefficient (Wildman–Crippen LogP) is -2.54. The summed E-state index contributed by atoms with van der Waals surface area (Å²) in [5.74, 6) is -2.13. The fourth-order valence-corrected chi connectivity index (χ4v) is 6.21. The van der Waals surface area contributed by atoms with Gasteiger partial charge in [-0.05, 0) is 38.1 Å². The Balaban J connectivity index is 1.22. The maximum atomic E-state index is 13.7. The van der Waals surface area contributed by atoms with Crippen molar-refractivity contribution in [1.82, 2.24) is 0 Å². The molecule has 52 heavy (non-hydrogen) atoms. The summed E-state index contributed by atoms with van der Waals surface area (Å²) >= 11 is 0. The van der Waals surface area contributed by atoms with Crippen molar-refractivity contribution in [2.75, 3.05) is 6.61 Å². The fraction of sp³-hybridized carbons (Fsp3) is 0.545. The second kappa shape index (κ2) is 15.0. The van der Waals surface area contributed by atoms with Gasteiger partial charge < -0.3 is 89.0 Å². The fourth-order valence-electron chi connectivity index (χ4n) is 6.21. The molecule has 0 radical (unpaired) electrons. The van der Waals surface area contributed by atoms with Gasteiger partial charge in [0, 0.05) is 17.7 Å². The van der Waals surface area contributed by atoms with Gasteiger partial charge in [0.25, 0.3) is 0 Å². The van der Waals surface area contributed by atoms with Crippen molar-refractivity contribution >= 4 is 11.0 Å². The van der Waals surface area contributed by atoms with Gasteiger partial charge in [0.15, 0.2) is 18.3 Å². The minimum atomic E-state index is -1.98. The number of ether oxygens (including phenoxy) is 6. The van der Waals surface area contributed by atoms with Crippen LogP contribution < -0.4 is 10.2 Å². The van der Waals surface area contributed by atoms with Crippen molar-refractivity contribution in [3.63, 3.8) is 0 Å². The van der Waals surface area contributed by atoms with Crippen LogP contribution in [0.5, 0.6) is 23.0 Å². The molecular formula is C33H40O19. The Morgan fingerprint density at radius 3 is 1.96 bits per heavy atom. The number of aliphatic hydroxyl groups excluding tert-OH is 8. The Hall–Kier alpha value is -3.67. The number of rotatable bonds is 8. The van der Waals surface area contributed by atoms with Crippen molar-refractivity contribution < 1.29 is 89.0 Å². The molecule has 0 bridgehead atoms. The molecule has 19 nitrogen and oxygen atoms in total. The van der Waals surface area contributed by atoms with E-state index < -0.39 is 127 Å². The van der Waals surface area contributed by atoms with E-state index in [1.165, 1.54) is 38.1 Å². The highest BCUT2D eigenvalue weighted by molar-refractivity contribution is 5.88. The van der Waals surface area contributed by atoms with Crippen LogP contribution in [0.25, 0.3) is 22.3 Å². The Morgan fingerprint density at radius 1 is 0.654 bits per heavy atom. The zero-order valence-electron chi connectivity index (χ0n) is 27.5. The van der Waals surface area contributed by atoms with Crippen molar-refractivity contribution in [2.24, 2.45) is 0 Å². The molecular weight excluding hydrogens is 700 g/mol. The maximum Gasteiger partial charge on any atom is 0.239 e. The summed E-state index contributed by atoms with van der Waals surface area (Å²) < 4.78 is 39.6. The number of fused-ring (bicyclic) bond motifs is 1. The van der Waals surface area contributed by atoms with Crippen LogP contribution in [0, 0.1) is 0 Å². The first-order valence-corrected chi connectivity index (χ1v) is 16.2. The van der Waals surface area contributed by atoms with Gasteiger partial charge in [-0.1, -0.05) is 0 Å². The average molecular weight is 741 g/mol. The SMILES string of the molecule is C[C@@H]1O[C@@H](O[C@@H]2[C@@H](O)[C@H](C)O[C@@H](OC[C@H]3O[C@@H](Oc4c(-c5ccc(O)cc5)oc5cc(O)cc(O)c5c4=O)[C@H](O)[C@@H](O)[C@@H]3O)[C@@H]2O)[C@H](O)[C@H](O)[C@H]1O. The van der Waals surface area contributed by atoms with Crippen LogP contribution in [-0.4, -0.2) is 155 Å². The lowest BCUT2D eigenvalue weighted by Gasteiger charge is -2.46. The molecule has 3 aromatic rings. The molecule has 286 valence electrons. The minimum absolute atomic E-state index is 0.127. The Bertz CT molecular complexity index is 1770. The molecule has 3 fully saturated rings. The summed E-state index contributed by atoms with van der Waals surface area (Å²) in [5, 5.41) is 115. The summed E-state index contributed by atoms with van der Waals surface area (Å²) in [6.45, 7) is 2.16. The topological polar surface area (TPSA) is 308 Å². The summed E-state index contributed by atoms with van der Waals surface area (Å²) in [5.41, 5.74) is -1.06. The average Bonchev–Trinajstić information content (AvgIpc) is 3.10. The van der Waals surface area contributed by atoms with Gasteiger partial charge >= 0.3 is 0 Å². The third-order valence-electron chi connectivity index (χ3n) is 9.26. The molecule has 11 N–H and O–H groups in total. The largest absolute Gasteiger partial charge is 0.508 e. The standard InChI is InChI=1S/C33H40O19/c1-10-19(37)23(41)25(43)32(48-10)51-29-20(38)11(2)47-31(27(29)45)46-9-17-21(39)24(42)26(44)33(50-17)52-30-22(40)18-15(36)7-14(35)8-16(18)49-28(30)12-3-5-13(34)6-4-12/h3-8,10-11,17,19-21,23-27,29,31-39,41-45H,9H2,1-2H3/t10-,11-,17+,19-,20-,21+,23+,24-,25+,26+,27+,29+,31+,32-,33-/m0/s1. The number of hydrogen-bond acceptors (Lipinski definition) is 19. The van der Waals surface area contributed by atoms with Crippen molar-refractivity contribution in [1.29, 1.82) is 0 Å². The molecule has 3 saturated heterocycles. The highest BCUT2D eigenvalue weighted by Gasteiger charge is 2.51. The Labute approximate surface area is 293 Å². The summed E-state index contributed by atoms with van der Waals surface area (Å²) in [7, 11) is 0. The highest BCUT2D eigenvalue weighted by Crippen LogP contribution is 2.38. The number of aromatic hydroxyl groups is 3. The van der Waals surface area contributed by atoms with E-state index >= 15 is 0 Å². The number of phenolic OH excluding ortho intramolecular Hbond substituents is 3. The smallest absolute Gasteiger partial charge is 0.239 e. The molecule has 1 aromatic heterocycles.